The monoisotopic (exact) mass is 320 g/mol. The minimum absolute atomic E-state index is 0.0961. The van der Waals surface area contributed by atoms with E-state index in [4.69, 9.17) is 5.73 Å². The quantitative estimate of drug-likeness (QED) is 0.446. The average Bonchev–Trinajstić information content (AvgIpc) is 2.48. The lowest BCUT2D eigenvalue weighted by Crippen LogP contribution is -2.15. The first kappa shape index (κ1) is 15.7. The SMILES string of the molecule is Nc1ccc(NC(=O)c2ccc(C=O)cc2)c(S(=O)(=O)O)c1. The van der Waals surface area contributed by atoms with Gasteiger partial charge < -0.3 is 11.1 Å². The minimum Gasteiger partial charge on any atom is -0.399 e. The molecule has 0 saturated heterocycles. The van der Waals surface area contributed by atoms with Crippen molar-refractivity contribution in [3.05, 3.63) is 53.6 Å². The van der Waals surface area contributed by atoms with Crippen molar-refractivity contribution in [2.45, 2.75) is 4.90 Å². The summed E-state index contributed by atoms with van der Waals surface area (Å²) >= 11 is 0. The van der Waals surface area contributed by atoms with E-state index in [0.717, 1.165) is 6.07 Å². The molecular weight excluding hydrogens is 308 g/mol. The van der Waals surface area contributed by atoms with Gasteiger partial charge in [-0.2, -0.15) is 8.42 Å². The van der Waals surface area contributed by atoms with Crippen molar-refractivity contribution in [2.24, 2.45) is 0 Å². The van der Waals surface area contributed by atoms with E-state index in [9.17, 15) is 22.6 Å². The molecule has 0 aliphatic carbocycles. The first-order chi connectivity index (χ1) is 10.3. The lowest BCUT2D eigenvalue weighted by molar-refractivity contribution is 0.102. The maximum Gasteiger partial charge on any atom is 0.296 e. The van der Waals surface area contributed by atoms with Crippen LogP contribution in [0.2, 0.25) is 0 Å². The lowest BCUT2D eigenvalue weighted by atomic mass is 10.1. The van der Waals surface area contributed by atoms with Crippen LogP contribution >= 0.6 is 0 Å². The van der Waals surface area contributed by atoms with Gasteiger partial charge >= 0.3 is 0 Å². The van der Waals surface area contributed by atoms with Gasteiger partial charge in [-0.3, -0.25) is 14.1 Å². The number of carbonyl (C=O) groups excluding carboxylic acids is 2. The maximum absolute atomic E-state index is 12.1. The highest BCUT2D eigenvalue weighted by Gasteiger charge is 2.18. The normalized spacial score (nSPS) is 11.0. The zero-order chi connectivity index (χ0) is 16.3. The Morgan fingerprint density at radius 2 is 1.77 bits per heavy atom. The summed E-state index contributed by atoms with van der Waals surface area (Å²) in [6.07, 6.45) is 0.637. The van der Waals surface area contributed by atoms with Crippen molar-refractivity contribution in [2.75, 3.05) is 11.1 Å². The molecule has 0 spiro atoms. The van der Waals surface area contributed by atoms with E-state index < -0.39 is 20.9 Å². The van der Waals surface area contributed by atoms with Crippen molar-refractivity contribution in [3.63, 3.8) is 0 Å². The van der Waals surface area contributed by atoms with Crippen LogP contribution in [-0.4, -0.2) is 25.2 Å². The molecule has 7 nitrogen and oxygen atoms in total. The number of nitrogen functional groups attached to an aromatic ring is 1. The van der Waals surface area contributed by atoms with Crippen molar-refractivity contribution in [1.82, 2.24) is 0 Å². The Hall–Kier alpha value is -2.71. The number of nitrogens with one attached hydrogen (secondary N) is 1. The summed E-state index contributed by atoms with van der Waals surface area (Å²) < 4.78 is 31.8. The van der Waals surface area contributed by atoms with Gasteiger partial charge in [-0.15, -0.1) is 0 Å². The third-order valence-corrected chi connectivity index (χ3v) is 3.73. The van der Waals surface area contributed by atoms with Gasteiger partial charge in [0, 0.05) is 16.8 Å². The largest absolute Gasteiger partial charge is 0.399 e. The molecule has 2 aromatic carbocycles. The number of anilines is 2. The van der Waals surface area contributed by atoms with E-state index in [0.29, 0.717) is 11.8 Å². The fraction of sp³-hybridized carbons (Fsp3) is 0. The second-order valence-corrected chi connectivity index (χ2v) is 5.81. The van der Waals surface area contributed by atoms with Gasteiger partial charge in [0.2, 0.25) is 0 Å². The van der Waals surface area contributed by atoms with Crippen LogP contribution in [0.5, 0.6) is 0 Å². The Bertz CT molecular complexity index is 829. The Morgan fingerprint density at radius 1 is 1.14 bits per heavy atom. The zero-order valence-electron chi connectivity index (χ0n) is 11.2. The summed E-state index contributed by atoms with van der Waals surface area (Å²) in [5.41, 5.74) is 6.14. The molecule has 0 unspecified atom stereocenters. The van der Waals surface area contributed by atoms with Crippen LogP contribution in [0.25, 0.3) is 0 Å². The molecule has 0 fully saturated rings. The van der Waals surface area contributed by atoms with Gasteiger partial charge in [-0.05, 0) is 30.3 Å². The highest BCUT2D eigenvalue weighted by molar-refractivity contribution is 7.86. The summed E-state index contributed by atoms with van der Waals surface area (Å²) in [4.78, 5) is 22.1. The molecule has 22 heavy (non-hydrogen) atoms. The molecule has 0 atom stereocenters. The van der Waals surface area contributed by atoms with Crippen LogP contribution in [0, 0.1) is 0 Å². The second kappa shape index (κ2) is 5.96. The second-order valence-electron chi connectivity index (χ2n) is 4.42. The Kier molecular flexibility index (Phi) is 4.25. The fourth-order valence-corrected chi connectivity index (χ4v) is 2.45. The molecule has 4 N–H and O–H groups in total. The predicted molar refractivity (Wildman–Crippen MR) is 80.5 cm³/mol. The van der Waals surface area contributed by atoms with Gasteiger partial charge in [0.05, 0.1) is 5.69 Å². The van der Waals surface area contributed by atoms with Crippen LogP contribution < -0.4 is 11.1 Å². The summed E-state index contributed by atoms with van der Waals surface area (Å²) in [5.74, 6) is -0.591. The molecule has 2 rings (SSSR count). The van der Waals surface area contributed by atoms with Gasteiger partial charge in [-0.25, -0.2) is 0 Å². The van der Waals surface area contributed by atoms with E-state index in [1.54, 1.807) is 0 Å². The summed E-state index contributed by atoms with van der Waals surface area (Å²) in [7, 11) is -4.54. The molecular formula is C14H12N2O5S. The van der Waals surface area contributed by atoms with E-state index in [2.05, 4.69) is 5.32 Å². The lowest BCUT2D eigenvalue weighted by Gasteiger charge is -2.10. The minimum atomic E-state index is -4.54. The predicted octanol–water partition coefficient (Wildman–Crippen LogP) is 1.58. The van der Waals surface area contributed by atoms with Crippen LogP contribution in [0.3, 0.4) is 0 Å². The summed E-state index contributed by atoms with van der Waals surface area (Å²) in [6.45, 7) is 0. The molecule has 114 valence electrons. The van der Waals surface area contributed by atoms with E-state index in [1.807, 2.05) is 0 Å². The molecule has 0 aliphatic heterocycles. The van der Waals surface area contributed by atoms with Crippen LogP contribution in [0.1, 0.15) is 20.7 Å². The highest BCUT2D eigenvalue weighted by Crippen LogP contribution is 2.24. The molecule has 8 heteroatoms. The molecule has 1 amide bonds. The van der Waals surface area contributed by atoms with Crippen molar-refractivity contribution >= 4 is 33.7 Å². The number of benzene rings is 2. The average molecular weight is 320 g/mol. The van der Waals surface area contributed by atoms with Crippen LogP contribution in [0.15, 0.2) is 47.4 Å². The Morgan fingerprint density at radius 3 is 2.32 bits per heavy atom. The third-order valence-electron chi connectivity index (χ3n) is 2.84. The molecule has 0 aromatic heterocycles. The van der Waals surface area contributed by atoms with E-state index in [-0.39, 0.29) is 16.9 Å². The number of hydrogen-bond donors (Lipinski definition) is 3. The number of amides is 1. The van der Waals surface area contributed by atoms with Crippen molar-refractivity contribution in [1.29, 1.82) is 0 Å². The van der Waals surface area contributed by atoms with Crippen LogP contribution in [0.4, 0.5) is 11.4 Å². The molecule has 0 saturated carbocycles. The van der Waals surface area contributed by atoms with Gasteiger partial charge in [0.15, 0.2) is 0 Å². The topological polar surface area (TPSA) is 127 Å². The number of nitrogens with two attached hydrogens (primary N) is 1. The van der Waals surface area contributed by atoms with E-state index in [1.165, 1.54) is 36.4 Å². The summed E-state index contributed by atoms with van der Waals surface area (Å²) in [6, 6.07) is 9.45. The number of rotatable bonds is 4. The summed E-state index contributed by atoms with van der Waals surface area (Å²) in [5, 5.41) is 2.38. The standard InChI is InChI=1S/C14H12N2O5S/c15-11-5-6-12(13(7-11)22(19,20)21)16-14(18)10-3-1-9(8-17)2-4-10/h1-8H,15H2,(H,16,18)(H,19,20,21). The van der Waals surface area contributed by atoms with E-state index >= 15 is 0 Å². The molecule has 0 heterocycles. The maximum atomic E-state index is 12.1. The van der Waals surface area contributed by atoms with Gasteiger partial charge in [-0.1, -0.05) is 12.1 Å². The Balaban J connectivity index is 2.34. The van der Waals surface area contributed by atoms with Gasteiger partial charge in [0.1, 0.15) is 11.2 Å². The van der Waals surface area contributed by atoms with Crippen molar-refractivity contribution in [3.8, 4) is 0 Å². The Labute approximate surface area is 126 Å². The van der Waals surface area contributed by atoms with Crippen molar-refractivity contribution < 1.29 is 22.6 Å². The van der Waals surface area contributed by atoms with Crippen LogP contribution in [-0.2, 0) is 10.1 Å². The first-order valence-electron chi connectivity index (χ1n) is 6.05. The number of aldehydes is 1. The molecule has 0 aliphatic rings. The zero-order valence-corrected chi connectivity index (χ0v) is 12.0. The first-order valence-corrected chi connectivity index (χ1v) is 7.49. The molecule has 2 aromatic rings. The third kappa shape index (κ3) is 3.48. The highest BCUT2D eigenvalue weighted by atomic mass is 32.2. The smallest absolute Gasteiger partial charge is 0.296 e. The number of hydrogen-bond acceptors (Lipinski definition) is 5. The fourth-order valence-electron chi connectivity index (χ4n) is 1.76. The molecule has 0 bridgehead atoms. The van der Waals surface area contributed by atoms with Gasteiger partial charge in [0.25, 0.3) is 16.0 Å². The number of carbonyl (C=O) groups is 2. The molecule has 0 radical (unpaired) electrons.